The molecule has 1 aliphatic carbocycles. The Morgan fingerprint density at radius 2 is 1.19 bits per heavy atom. The van der Waals surface area contributed by atoms with Crippen LogP contribution in [-0.2, 0) is 0 Å². The van der Waals surface area contributed by atoms with Gasteiger partial charge in [0.2, 0.25) is 0 Å². The van der Waals surface area contributed by atoms with Crippen molar-refractivity contribution in [2.45, 2.75) is 59.0 Å². The van der Waals surface area contributed by atoms with Crippen LogP contribution in [0.3, 0.4) is 0 Å². The van der Waals surface area contributed by atoms with Crippen LogP contribution in [0.15, 0.2) is 103 Å². The van der Waals surface area contributed by atoms with Gasteiger partial charge in [-0.3, -0.25) is 0 Å². The van der Waals surface area contributed by atoms with Crippen LogP contribution < -0.4 is 15.9 Å². The van der Waals surface area contributed by atoms with Crippen molar-refractivity contribution >= 4 is 23.2 Å². The molecule has 0 saturated heterocycles. The lowest BCUT2D eigenvalue weighted by molar-refractivity contribution is 0.334. The van der Waals surface area contributed by atoms with Gasteiger partial charge in [0.15, 0.2) is 0 Å². The van der Waals surface area contributed by atoms with Gasteiger partial charge in [-0.1, -0.05) is 87.0 Å². The quantitative estimate of drug-likeness (QED) is 0.250. The van der Waals surface area contributed by atoms with Crippen molar-refractivity contribution in [3.8, 4) is 0 Å². The molecule has 0 bridgehead atoms. The van der Waals surface area contributed by atoms with Gasteiger partial charge < -0.3 is 0 Å². The predicted octanol–water partition coefficient (Wildman–Crippen LogP) is 7.53. The summed E-state index contributed by atoms with van der Waals surface area (Å²) in [4.78, 5) is 0. The normalized spacial score (nSPS) is 17.5. The minimum Gasteiger partial charge on any atom is -0.0848 e. The molecule has 3 aromatic rings. The Bertz CT molecular complexity index is 913. The van der Waals surface area contributed by atoms with E-state index in [1.54, 1.807) is 5.57 Å². The molecule has 1 aliphatic rings. The maximum absolute atomic E-state index is 2.56. The molecular weight excluding hydrogens is 403 g/mol. The van der Waals surface area contributed by atoms with Crippen LogP contribution in [0.2, 0.25) is 0 Å². The van der Waals surface area contributed by atoms with E-state index in [0.29, 0.717) is 5.66 Å². The summed E-state index contributed by atoms with van der Waals surface area (Å²) in [6, 6.07) is 34.0. The Hall–Kier alpha value is -2.17. The molecule has 1 fully saturated rings. The maximum atomic E-state index is 2.56. The summed E-state index contributed by atoms with van der Waals surface area (Å²) in [7, 11) is -1.81. The van der Waals surface area contributed by atoms with E-state index in [0.717, 1.165) is 5.92 Å². The lowest BCUT2D eigenvalue weighted by Gasteiger charge is -2.37. The Labute approximate surface area is 196 Å². The smallest absolute Gasteiger partial charge is 0.0848 e. The summed E-state index contributed by atoms with van der Waals surface area (Å²) in [6.07, 6.45) is 7.55. The van der Waals surface area contributed by atoms with Gasteiger partial charge >= 0.3 is 0 Å². The number of hydrogen-bond donors (Lipinski definition) is 0. The van der Waals surface area contributed by atoms with Crippen molar-refractivity contribution in [2.75, 3.05) is 0 Å². The van der Waals surface area contributed by atoms with E-state index in [-0.39, 0.29) is 5.41 Å². The fourth-order valence-electron chi connectivity index (χ4n) is 5.64. The van der Waals surface area contributed by atoms with E-state index < -0.39 is 7.26 Å². The number of allylic oxidation sites excluding steroid dienone is 2. The molecule has 3 aromatic carbocycles. The number of hydrogen-bond acceptors (Lipinski definition) is 0. The van der Waals surface area contributed by atoms with Crippen molar-refractivity contribution in [1.29, 1.82) is 0 Å². The summed E-state index contributed by atoms with van der Waals surface area (Å²) in [5.74, 6) is 0.885. The second-order valence-corrected chi connectivity index (χ2v) is 14.4. The first-order valence-electron chi connectivity index (χ1n) is 12.2. The molecule has 0 N–H and O–H groups in total. The third kappa shape index (κ3) is 4.77. The maximum Gasteiger partial charge on any atom is 0.114 e. The van der Waals surface area contributed by atoms with E-state index in [4.69, 9.17) is 0 Å². The second kappa shape index (κ2) is 9.76. The van der Waals surface area contributed by atoms with E-state index >= 15 is 0 Å². The first-order valence-corrected chi connectivity index (χ1v) is 14.0. The summed E-state index contributed by atoms with van der Waals surface area (Å²) < 4.78 is 0. The lowest BCUT2D eigenvalue weighted by Crippen LogP contribution is -2.39. The summed E-state index contributed by atoms with van der Waals surface area (Å²) in [5.41, 5.74) is 2.49. The van der Waals surface area contributed by atoms with Crippen LogP contribution in [0, 0.1) is 11.3 Å². The first kappa shape index (κ1) is 23.0. The highest BCUT2D eigenvalue weighted by atomic mass is 31.2. The summed E-state index contributed by atoms with van der Waals surface area (Å²) in [6.45, 7) is 9.82. The van der Waals surface area contributed by atoms with Crippen LogP contribution in [0.4, 0.5) is 0 Å². The minimum atomic E-state index is -1.81. The molecule has 0 amide bonds. The minimum absolute atomic E-state index is 0.273. The molecular formula is C31H38P+. The van der Waals surface area contributed by atoms with Crippen molar-refractivity contribution < 1.29 is 0 Å². The highest BCUT2D eigenvalue weighted by Gasteiger charge is 2.51. The largest absolute Gasteiger partial charge is 0.114 e. The standard InChI is InChI=1S/C31H38P/c1-25-22-27(23-25)20-21-31(3,4)24-26(2)32(28-14-8-5-9-15-28,29-16-10-6-11-17-29)30-18-12-7-13-19-30/h5-20,25-26H,21-24H2,1-4H3/q+1. The zero-order valence-corrected chi connectivity index (χ0v) is 21.1. The molecule has 0 nitrogen and oxygen atoms in total. The summed E-state index contributed by atoms with van der Waals surface area (Å²) in [5, 5.41) is 4.48. The zero-order valence-electron chi connectivity index (χ0n) is 20.2. The Kier molecular flexibility index (Phi) is 7.02. The van der Waals surface area contributed by atoms with Gasteiger partial charge in [0, 0.05) is 0 Å². The highest BCUT2D eigenvalue weighted by molar-refractivity contribution is 7.96. The molecule has 166 valence electrons. The average molecular weight is 442 g/mol. The second-order valence-electron chi connectivity index (χ2n) is 10.5. The van der Waals surface area contributed by atoms with Crippen LogP contribution in [0.25, 0.3) is 0 Å². The van der Waals surface area contributed by atoms with Crippen LogP contribution >= 0.6 is 7.26 Å². The van der Waals surface area contributed by atoms with Gasteiger partial charge in [-0.15, -0.1) is 0 Å². The van der Waals surface area contributed by atoms with E-state index in [2.05, 4.69) is 125 Å². The molecule has 32 heavy (non-hydrogen) atoms. The molecule has 1 unspecified atom stereocenters. The SMILES string of the molecule is CC1CC(=CCC(C)(C)CC(C)[P+](c2ccccc2)(c2ccccc2)c2ccccc2)C1. The number of rotatable bonds is 8. The molecule has 1 saturated carbocycles. The molecule has 0 aliphatic heterocycles. The molecule has 0 aromatic heterocycles. The Balaban J connectivity index is 1.77. The molecule has 0 radical (unpaired) electrons. The fraction of sp³-hybridized carbons (Fsp3) is 0.355. The van der Waals surface area contributed by atoms with Crippen molar-refractivity contribution in [1.82, 2.24) is 0 Å². The van der Waals surface area contributed by atoms with Gasteiger partial charge in [0.1, 0.15) is 23.2 Å². The molecule has 0 spiro atoms. The lowest BCUT2D eigenvalue weighted by atomic mass is 9.78. The van der Waals surface area contributed by atoms with Crippen LogP contribution in [-0.4, -0.2) is 5.66 Å². The predicted molar refractivity (Wildman–Crippen MR) is 144 cm³/mol. The molecule has 1 atom stereocenters. The topological polar surface area (TPSA) is 0 Å². The van der Waals surface area contributed by atoms with Crippen molar-refractivity contribution in [3.63, 3.8) is 0 Å². The molecule has 1 heteroatoms. The average Bonchev–Trinajstić information content (AvgIpc) is 2.78. The first-order chi connectivity index (χ1) is 15.4. The monoisotopic (exact) mass is 441 g/mol. The van der Waals surface area contributed by atoms with Crippen molar-refractivity contribution in [3.05, 3.63) is 103 Å². The summed E-state index contributed by atoms with van der Waals surface area (Å²) >= 11 is 0. The van der Waals surface area contributed by atoms with E-state index in [9.17, 15) is 0 Å². The third-order valence-corrected chi connectivity index (χ3v) is 12.0. The van der Waals surface area contributed by atoms with Gasteiger partial charge in [-0.25, -0.2) is 0 Å². The van der Waals surface area contributed by atoms with Crippen LogP contribution in [0.1, 0.15) is 53.4 Å². The Morgan fingerprint density at radius 3 is 1.56 bits per heavy atom. The zero-order chi connectivity index (χ0) is 22.6. The Morgan fingerprint density at radius 1 is 0.781 bits per heavy atom. The molecule has 4 rings (SSSR count). The fourth-order valence-corrected chi connectivity index (χ4v) is 10.8. The van der Waals surface area contributed by atoms with Crippen LogP contribution in [0.5, 0.6) is 0 Å². The van der Waals surface area contributed by atoms with Gasteiger partial charge in [0.25, 0.3) is 0 Å². The van der Waals surface area contributed by atoms with Crippen molar-refractivity contribution in [2.24, 2.45) is 11.3 Å². The van der Waals surface area contributed by atoms with Gasteiger partial charge in [-0.05, 0) is 80.3 Å². The van der Waals surface area contributed by atoms with E-state index in [1.165, 1.54) is 41.6 Å². The third-order valence-electron chi connectivity index (χ3n) is 7.16. The van der Waals surface area contributed by atoms with E-state index in [1.807, 2.05) is 0 Å². The van der Waals surface area contributed by atoms with Gasteiger partial charge in [0.05, 0.1) is 5.66 Å². The highest BCUT2D eigenvalue weighted by Crippen LogP contribution is 2.62. The number of benzene rings is 3. The van der Waals surface area contributed by atoms with Gasteiger partial charge in [-0.2, -0.15) is 0 Å². The molecule has 0 heterocycles.